The Morgan fingerprint density at radius 1 is 1.26 bits per heavy atom. The molecule has 0 heterocycles. The number of nitrogens with one attached hydrogen (secondary N) is 1. The van der Waals surface area contributed by atoms with Crippen LogP contribution < -0.4 is 5.32 Å². The van der Waals surface area contributed by atoms with Crippen LogP contribution >= 0.6 is 0 Å². The lowest BCUT2D eigenvalue weighted by Crippen LogP contribution is -2.41. The summed E-state index contributed by atoms with van der Waals surface area (Å²) in [6, 6.07) is 9.55. The van der Waals surface area contributed by atoms with Crippen molar-refractivity contribution in [3.63, 3.8) is 0 Å². The van der Waals surface area contributed by atoms with Gasteiger partial charge in [-0.1, -0.05) is 30.3 Å². The van der Waals surface area contributed by atoms with Crippen molar-refractivity contribution in [2.75, 3.05) is 27.3 Å². The minimum absolute atomic E-state index is 0.422. The van der Waals surface area contributed by atoms with E-state index in [1.807, 2.05) is 30.3 Å². The third-order valence-corrected chi connectivity index (χ3v) is 2.61. The Balaban J connectivity index is 2.37. The molecule has 0 radical (unpaired) electrons. The summed E-state index contributed by atoms with van der Waals surface area (Å²) < 4.78 is 4.86. The molecule has 1 rings (SSSR count). The molecule has 19 heavy (non-hydrogen) atoms. The molecule has 0 bridgehead atoms. The highest BCUT2D eigenvalue weighted by atomic mass is 16.5. The number of hydrogen-bond acceptors (Lipinski definition) is 3. The second-order valence-electron chi connectivity index (χ2n) is 4.25. The topological polar surface area (TPSA) is 58.6 Å². The van der Waals surface area contributed by atoms with Gasteiger partial charge in [0.1, 0.15) is 0 Å². The van der Waals surface area contributed by atoms with E-state index in [0.717, 1.165) is 5.56 Å². The van der Waals surface area contributed by atoms with Gasteiger partial charge in [0.05, 0.1) is 0 Å². The van der Waals surface area contributed by atoms with Crippen LogP contribution in [0.1, 0.15) is 12.0 Å². The maximum atomic E-state index is 11.8. The van der Waals surface area contributed by atoms with Crippen LogP contribution in [0.2, 0.25) is 0 Å². The SMILES string of the molecule is COCCCNC(=O)C(=O)N(C)Cc1ccccc1. The zero-order chi connectivity index (χ0) is 14.1. The first kappa shape index (κ1) is 15.2. The molecular weight excluding hydrogens is 244 g/mol. The Bertz CT molecular complexity index is 406. The maximum absolute atomic E-state index is 11.8. The van der Waals surface area contributed by atoms with Crippen LogP contribution in [0.25, 0.3) is 0 Å². The second kappa shape index (κ2) is 8.26. The van der Waals surface area contributed by atoms with Crippen molar-refractivity contribution in [3.8, 4) is 0 Å². The number of methoxy groups -OCH3 is 1. The van der Waals surface area contributed by atoms with Crippen LogP contribution in [0.5, 0.6) is 0 Å². The summed E-state index contributed by atoms with van der Waals surface area (Å²) in [5, 5.41) is 2.57. The molecule has 0 fully saturated rings. The van der Waals surface area contributed by atoms with E-state index < -0.39 is 11.8 Å². The fraction of sp³-hybridized carbons (Fsp3) is 0.429. The quantitative estimate of drug-likeness (QED) is 0.610. The van der Waals surface area contributed by atoms with Gasteiger partial charge in [-0.2, -0.15) is 0 Å². The molecule has 0 aliphatic heterocycles. The summed E-state index contributed by atoms with van der Waals surface area (Å²) in [6.45, 7) is 1.43. The van der Waals surface area contributed by atoms with E-state index in [1.54, 1.807) is 14.2 Å². The Morgan fingerprint density at radius 2 is 1.95 bits per heavy atom. The molecule has 0 spiro atoms. The van der Waals surface area contributed by atoms with E-state index in [9.17, 15) is 9.59 Å². The van der Waals surface area contributed by atoms with Gasteiger partial charge in [-0.3, -0.25) is 9.59 Å². The molecule has 5 nitrogen and oxygen atoms in total. The van der Waals surface area contributed by atoms with Crippen molar-refractivity contribution in [1.29, 1.82) is 0 Å². The minimum atomic E-state index is -0.575. The van der Waals surface area contributed by atoms with Crippen LogP contribution in [0.4, 0.5) is 0 Å². The molecule has 0 saturated carbocycles. The Kier molecular flexibility index (Phi) is 6.60. The molecular formula is C14H20N2O3. The lowest BCUT2D eigenvalue weighted by Gasteiger charge is -2.16. The zero-order valence-corrected chi connectivity index (χ0v) is 11.4. The average Bonchev–Trinajstić information content (AvgIpc) is 2.43. The molecule has 5 heteroatoms. The van der Waals surface area contributed by atoms with E-state index in [-0.39, 0.29) is 0 Å². The van der Waals surface area contributed by atoms with Crippen LogP contribution in [0.15, 0.2) is 30.3 Å². The zero-order valence-electron chi connectivity index (χ0n) is 11.4. The molecule has 0 atom stereocenters. The first-order valence-corrected chi connectivity index (χ1v) is 6.21. The number of rotatable bonds is 6. The van der Waals surface area contributed by atoms with Crippen LogP contribution in [0, 0.1) is 0 Å². The monoisotopic (exact) mass is 264 g/mol. The molecule has 0 aliphatic carbocycles. The molecule has 0 unspecified atom stereocenters. The standard InChI is InChI=1S/C14H20N2O3/c1-16(11-12-7-4-3-5-8-12)14(18)13(17)15-9-6-10-19-2/h3-5,7-8H,6,9-11H2,1-2H3,(H,15,17). The van der Waals surface area contributed by atoms with E-state index in [1.165, 1.54) is 4.90 Å². The highest BCUT2D eigenvalue weighted by Crippen LogP contribution is 2.02. The highest BCUT2D eigenvalue weighted by molar-refractivity contribution is 6.34. The summed E-state index contributed by atoms with van der Waals surface area (Å²) in [7, 11) is 3.21. The summed E-state index contributed by atoms with van der Waals surface area (Å²) in [4.78, 5) is 24.8. The summed E-state index contributed by atoms with van der Waals surface area (Å²) in [5.41, 5.74) is 0.991. The second-order valence-corrected chi connectivity index (χ2v) is 4.25. The van der Waals surface area contributed by atoms with Gasteiger partial charge in [-0.05, 0) is 12.0 Å². The number of hydrogen-bond donors (Lipinski definition) is 1. The summed E-state index contributed by atoms with van der Waals surface area (Å²) >= 11 is 0. The fourth-order valence-electron chi connectivity index (χ4n) is 1.60. The minimum Gasteiger partial charge on any atom is -0.385 e. The number of nitrogens with zero attached hydrogens (tertiary/aromatic N) is 1. The van der Waals surface area contributed by atoms with Gasteiger partial charge in [0.15, 0.2) is 0 Å². The predicted molar refractivity (Wildman–Crippen MR) is 72.4 cm³/mol. The third-order valence-electron chi connectivity index (χ3n) is 2.61. The van der Waals surface area contributed by atoms with Gasteiger partial charge < -0.3 is 15.0 Å². The number of amides is 2. The third kappa shape index (κ3) is 5.52. The average molecular weight is 264 g/mol. The predicted octanol–water partition coefficient (Wildman–Crippen LogP) is 0.798. The van der Waals surface area contributed by atoms with E-state index in [2.05, 4.69) is 5.32 Å². The van der Waals surface area contributed by atoms with Gasteiger partial charge in [0, 0.05) is 33.9 Å². The van der Waals surface area contributed by atoms with Crippen molar-refractivity contribution in [3.05, 3.63) is 35.9 Å². The Labute approximate surface area is 113 Å². The maximum Gasteiger partial charge on any atom is 0.311 e. The normalized spacial score (nSPS) is 10.0. The van der Waals surface area contributed by atoms with Gasteiger partial charge in [0.25, 0.3) is 0 Å². The van der Waals surface area contributed by atoms with Gasteiger partial charge in [-0.15, -0.1) is 0 Å². The molecule has 0 aromatic heterocycles. The molecule has 1 aromatic rings. The van der Waals surface area contributed by atoms with Crippen molar-refractivity contribution < 1.29 is 14.3 Å². The van der Waals surface area contributed by atoms with Crippen molar-refractivity contribution in [1.82, 2.24) is 10.2 Å². The highest BCUT2D eigenvalue weighted by Gasteiger charge is 2.17. The molecule has 104 valence electrons. The van der Waals surface area contributed by atoms with Crippen LogP contribution in [-0.2, 0) is 20.9 Å². The molecule has 0 aliphatic rings. The molecule has 0 saturated heterocycles. The van der Waals surface area contributed by atoms with Crippen LogP contribution in [0.3, 0.4) is 0 Å². The summed E-state index contributed by atoms with van der Waals surface area (Å²) in [5.74, 6) is -1.10. The van der Waals surface area contributed by atoms with Gasteiger partial charge >= 0.3 is 11.8 Å². The molecule has 1 aromatic carbocycles. The van der Waals surface area contributed by atoms with Crippen molar-refractivity contribution >= 4 is 11.8 Å². The van der Waals surface area contributed by atoms with E-state index >= 15 is 0 Å². The number of carbonyl (C=O) groups is 2. The van der Waals surface area contributed by atoms with Crippen molar-refractivity contribution in [2.45, 2.75) is 13.0 Å². The Hall–Kier alpha value is -1.88. The molecule has 1 N–H and O–H groups in total. The lowest BCUT2D eigenvalue weighted by atomic mass is 10.2. The van der Waals surface area contributed by atoms with Crippen molar-refractivity contribution in [2.24, 2.45) is 0 Å². The first-order chi connectivity index (χ1) is 9.15. The van der Waals surface area contributed by atoms with E-state index in [4.69, 9.17) is 4.74 Å². The van der Waals surface area contributed by atoms with E-state index in [0.29, 0.717) is 26.1 Å². The van der Waals surface area contributed by atoms with Crippen LogP contribution in [-0.4, -0.2) is 44.0 Å². The van der Waals surface area contributed by atoms with Gasteiger partial charge in [0.2, 0.25) is 0 Å². The number of likely N-dealkylation sites (N-methyl/N-ethyl adjacent to an activating group) is 1. The summed E-state index contributed by atoms with van der Waals surface area (Å²) in [6.07, 6.45) is 0.692. The van der Waals surface area contributed by atoms with Gasteiger partial charge in [-0.25, -0.2) is 0 Å². The Morgan fingerprint density at radius 3 is 2.58 bits per heavy atom. The first-order valence-electron chi connectivity index (χ1n) is 6.21. The number of benzene rings is 1. The fourth-order valence-corrected chi connectivity index (χ4v) is 1.60. The lowest BCUT2D eigenvalue weighted by molar-refractivity contribution is -0.145. The smallest absolute Gasteiger partial charge is 0.311 e. The number of carbonyl (C=O) groups excluding carboxylic acids is 2. The largest absolute Gasteiger partial charge is 0.385 e. The molecule has 2 amide bonds. The number of ether oxygens (including phenoxy) is 1.